The Bertz CT molecular complexity index is 585. The SMILES string of the molecule is CC(C)c1ccc(NCc2cc(C#N)n(C)c2)cc1. The molecule has 0 spiro atoms. The number of rotatable bonds is 4. The Morgan fingerprint density at radius 1 is 1.26 bits per heavy atom. The molecule has 2 rings (SSSR count). The summed E-state index contributed by atoms with van der Waals surface area (Å²) in [6, 6.07) is 12.6. The van der Waals surface area contributed by atoms with E-state index in [-0.39, 0.29) is 0 Å². The van der Waals surface area contributed by atoms with Gasteiger partial charge in [0.05, 0.1) is 0 Å². The van der Waals surface area contributed by atoms with Gasteiger partial charge in [0.15, 0.2) is 0 Å². The molecule has 0 fully saturated rings. The van der Waals surface area contributed by atoms with Crippen LogP contribution in [0.25, 0.3) is 0 Å². The molecule has 0 aliphatic carbocycles. The van der Waals surface area contributed by atoms with E-state index in [1.807, 2.05) is 23.9 Å². The summed E-state index contributed by atoms with van der Waals surface area (Å²) in [6.45, 7) is 5.11. The number of benzene rings is 1. The molecule has 1 heterocycles. The van der Waals surface area contributed by atoms with E-state index in [9.17, 15) is 0 Å². The number of anilines is 1. The molecule has 0 atom stereocenters. The lowest BCUT2D eigenvalue weighted by Gasteiger charge is -2.08. The molecule has 0 unspecified atom stereocenters. The summed E-state index contributed by atoms with van der Waals surface area (Å²) < 4.78 is 1.85. The second kappa shape index (κ2) is 5.62. The molecule has 98 valence electrons. The average Bonchev–Trinajstić information content (AvgIpc) is 2.77. The van der Waals surface area contributed by atoms with E-state index >= 15 is 0 Å². The third-order valence-corrected chi connectivity index (χ3v) is 3.25. The lowest BCUT2D eigenvalue weighted by molar-refractivity contribution is 0.866. The van der Waals surface area contributed by atoms with Gasteiger partial charge in [-0.05, 0) is 35.2 Å². The number of nitrogens with one attached hydrogen (secondary N) is 1. The summed E-state index contributed by atoms with van der Waals surface area (Å²) in [5, 5.41) is 12.3. The van der Waals surface area contributed by atoms with E-state index in [1.54, 1.807) is 0 Å². The van der Waals surface area contributed by atoms with Gasteiger partial charge >= 0.3 is 0 Å². The Hall–Kier alpha value is -2.21. The number of hydrogen-bond acceptors (Lipinski definition) is 2. The summed E-state index contributed by atoms with van der Waals surface area (Å²) in [6.07, 6.45) is 1.98. The fourth-order valence-electron chi connectivity index (χ4n) is 2.03. The molecule has 1 N–H and O–H groups in total. The number of hydrogen-bond donors (Lipinski definition) is 1. The van der Waals surface area contributed by atoms with E-state index in [0.29, 0.717) is 11.6 Å². The van der Waals surface area contributed by atoms with Gasteiger partial charge in [-0.3, -0.25) is 0 Å². The van der Waals surface area contributed by atoms with Crippen molar-refractivity contribution in [2.75, 3.05) is 5.32 Å². The maximum absolute atomic E-state index is 8.91. The van der Waals surface area contributed by atoms with Gasteiger partial charge in [0.2, 0.25) is 0 Å². The highest BCUT2D eigenvalue weighted by Gasteiger charge is 2.02. The zero-order valence-electron chi connectivity index (χ0n) is 11.6. The van der Waals surface area contributed by atoms with Crippen LogP contribution in [-0.2, 0) is 13.6 Å². The number of nitrogens with zero attached hydrogens (tertiary/aromatic N) is 2. The van der Waals surface area contributed by atoms with E-state index < -0.39 is 0 Å². The van der Waals surface area contributed by atoms with Crippen LogP contribution in [0.15, 0.2) is 36.5 Å². The minimum atomic E-state index is 0.557. The van der Waals surface area contributed by atoms with E-state index in [2.05, 4.69) is 49.5 Å². The summed E-state index contributed by atoms with van der Waals surface area (Å²) in [5.74, 6) is 0.557. The molecule has 0 aliphatic heterocycles. The lowest BCUT2D eigenvalue weighted by atomic mass is 10.0. The molecule has 0 radical (unpaired) electrons. The van der Waals surface area contributed by atoms with Crippen molar-refractivity contribution in [3.63, 3.8) is 0 Å². The summed E-state index contributed by atoms with van der Waals surface area (Å²) in [4.78, 5) is 0. The van der Waals surface area contributed by atoms with Gasteiger partial charge in [-0.15, -0.1) is 0 Å². The van der Waals surface area contributed by atoms with Crippen molar-refractivity contribution in [2.24, 2.45) is 7.05 Å². The standard InChI is InChI=1S/C16H19N3/c1-12(2)14-4-6-15(7-5-14)18-10-13-8-16(9-17)19(3)11-13/h4-8,11-12,18H,10H2,1-3H3. The van der Waals surface area contributed by atoms with Crippen LogP contribution in [0.3, 0.4) is 0 Å². The fourth-order valence-corrected chi connectivity index (χ4v) is 2.03. The minimum absolute atomic E-state index is 0.557. The van der Waals surface area contributed by atoms with Crippen LogP contribution in [0.5, 0.6) is 0 Å². The van der Waals surface area contributed by atoms with Crippen molar-refractivity contribution in [3.05, 3.63) is 53.3 Å². The maximum Gasteiger partial charge on any atom is 0.120 e. The first-order chi connectivity index (χ1) is 9.10. The Morgan fingerprint density at radius 3 is 2.47 bits per heavy atom. The summed E-state index contributed by atoms with van der Waals surface area (Å²) in [5.41, 5.74) is 4.25. The predicted octanol–water partition coefficient (Wildman–Crippen LogP) is 3.63. The zero-order valence-corrected chi connectivity index (χ0v) is 11.6. The average molecular weight is 253 g/mol. The predicted molar refractivity (Wildman–Crippen MR) is 78.0 cm³/mol. The second-order valence-electron chi connectivity index (χ2n) is 5.09. The van der Waals surface area contributed by atoms with E-state index in [4.69, 9.17) is 5.26 Å². The normalized spacial score (nSPS) is 10.5. The Kier molecular flexibility index (Phi) is 3.91. The van der Waals surface area contributed by atoms with Crippen molar-refractivity contribution in [1.29, 1.82) is 5.26 Å². The van der Waals surface area contributed by atoms with Crippen LogP contribution in [0.4, 0.5) is 5.69 Å². The molecule has 3 nitrogen and oxygen atoms in total. The molecule has 19 heavy (non-hydrogen) atoms. The number of aromatic nitrogens is 1. The third kappa shape index (κ3) is 3.17. The van der Waals surface area contributed by atoms with Gasteiger partial charge in [0.25, 0.3) is 0 Å². The molecule has 0 amide bonds. The van der Waals surface area contributed by atoms with Crippen LogP contribution in [-0.4, -0.2) is 4.57 Å². The fraction of sp³-hybridized carbons (Fsp3) is 0.312. The molecule has 1 aromatic heterocycles. The van der Waals surface area contributed by atoms with Crippen LogP contribution in [0.1, 0.15) is 36.6 Å². The maximum atomic E-state index is 8.91. The zero-order chi connectivity index (χ0) is 13.8. The van der Waals surface area contributed by atoms with Crippen LogP contribution >= 0.6 is 0 Å². The van der Waals surface area contributed by atoms with Gasteiger partial charge in [0.1, 0.15) is 11.8 Å². The van der Waals surface area contributed by atoms with Crippen molar-refractivity contribution in [1.82, 2.24) is 4.57 Å². The molecular formula is C16H19N3. The molecule has 3 heteroatoms. The van der Waals surface area contributed by atoms with Gasteiger partial charge < -0.3 is 9.88 Å². The largest absolute Gasteiger partial charge is 0.381 e. The second-order valence-corrected chi connectivity index (χ2v) is 5.09. The number of aryl methyl sites for hydroxylation is 1. The molecular weight excluding hydrogens is 234 g/mol. The van der Waals surface area contributed by atoms with Crippen LogP contribution in [0.2, 0.25) is 0 Å². The van der Waals surface area contributed by atoms with Gasteiger partial charge in [0, 0.05) is 25.5 Å². The van der Waals surface area contributed by atoms with Crippen molar-refractivity contribution < 1.29 is 0 Å². The Balaban J connectivity index is 2.00. The number of nitriles is 1. The van der Waals surface area contributed by atoms with Gasteiger partial charge in [-0.1, -0.05) is 26.0 Å². The highest BCUT2D eigenvalue weighted by atomic mass is 14.9. The first-order valence-electron chi connectivity index (χ1n) is 6.49. The van der Waals surface area contributed by atoms with Gasteiger partial charge in [-0.25, -0.2) is 0 Å². The molecule has 0 saturated heterocycles. The van der Waals surface area contributed by atoms with Crippen LogP contribution < -0.4 is 5.32 Å². The molecule has 0 aliphatic rings. The first-order valence-corrected chi connectivity index (χ1v) is 6.49. The third-order valence-electron chi connectivity index (χ3n) is 3.25. The molecule has 1 aromatic carbocycles. The first kappa shape index (κ1) is 13.2. The quantitative estimate of drug-likeness (QED) is 0.903. The van der Waals surface area contributed by atoms with Crippen LogP contribution in [0, 0.1) is 11.3 Å². The van der Waals surface area contributed by atoms with E-state index in [1.165, 1.54) is 5.56 Å². The Morgan fingerprint density at radius 2 is 1.95 bits per heavy atom. The monoisotopic (exact) mass is 253 g/mol. The van der Waals surface area contributed by atoms with Crippen molar-refractivity contribution in [3.8, 4) is 6.07 Å². The lowest BCUT2D eigenvalue weighted by Crippen LogP contribution is -1.98. The Labute approximate surface area is 114 Å². The topological polar surface area (TPSA) is 40.8 Å². The highest BCUT2D eigenvalue weighted by Crippen LogP contribution is 2.18. The highest BCUT2D eigenvalue weighted by molar-refractivity contribution is 5.46. The summed E-state index contributed by atoms with van der Waals surface area (Å²) in [7, 11) is 1.89. The molecule has 0 bridgehead atoms. The van der Waals surface area contributed by atoms with E-state index in [0.717, 1.165) is 17.8 Å². The van der Waals surface area contributed by atoms with Crippen molar-refractivity contribution >= 4 is 5.69 Å². The smallest absolute Gasteiger partial charge is 0.120 e. The molecule has 0 saturated carbocycles. The molecule has 2 aromatic rings. The van der Waals surface area contributed by atoms with Gasteiger partial charge in [-0.2, -0.15) is 5.26 Å². The summed E-state index contributed by atoms with van der Waals surface area (Å²) >= 11 is 0. The minimum Gasteiger partial charge on any atom is -0.381 e. The van der Waals surface area contributed by atoms with Crippen molar-refractivity contribution in [2.45, 2.75) is 26.3 Å².